The van der Waals surface area contributed by atoms with Gasteiger partial charge in [0.1, 0.15) is 5.69 Å². The van der Waals surface area contributed by atoms with E-state index in [0.717, 1.165) is 16.8 Å². The SMILES string of the molecule is Cc1ccc(-n2cc(N)c(-c3cccc(Cl)c3)n2)cc1Cl. The van der Waals surface area contributed by atoms with Crippen molar-refractivity contribution in [3.8, 4) is 16.9 Å². The van der Waals surface area contributed by atoms with E-state index in [0.29, 0.717) is 21.4 Å². The molecule has 0 saturated heterocycles. The number of hydrogen-bond donors (Lipinski definition) is 1. The van der Waals surface area contributed by atoms with Crippen molar-refractivity contribution in [2.45, 2.75) is 6.92 Å². The third-order valence-corrected chi connectivity index (χ3v) is 3.90. The van der Waals surface area contributed by atoms with Crippen LogP contribution in [-0.2, 0) is 0 Å². The molecule has 0 amide bonds. The molecule has 2 aromatic carbocycles. The Labute approximate surface area is 132 Å². The van der Waals surface area contributed by atoms with Crippen LogP contribution in [0, 0.1) is 6.92 Å². The molecule has 1 heterocycles. The number of nitrogens with zero attached hydrogens (tertiary/aromatic N) is 2. The summed E-state index contributed by atoms with van der Waals surface area (Å²) in [5.74, 6) is 0. The predicted octanol–water partition coefficient (Wildman–Crippen LogP) is 4.74. The van der Waals surface area contributed by atoms with Gasteiger partial charge in [0.2, 0.25) is 0 Å². The lowest BCUT2D eigenvalue weighted by Crippen LogP contribution is -1.95. The van der Waals surface area contributed by atoms with Crippen molar-refractivity contribution in [2.24, 2.45) is 0 Å². The fourth-order valence-electron chi connectivity index (χ4n) is 2.10. The number of nitrogens with two attached hydrogens (primary N) is 1. The number of aromatic nitrogens is 2. The van der Waals surface area contributed by atoms with Crippen molar-refractivity contribution in [3.63, 3.8) is 0 Å². The van der Waals surface area contributed by atoms with E-state index in [-0.39, 0.29) is 0 Å². The zero-order valence-corrected chi connectivity index (χ0v) is 12.9. The standard InChI is InChI=1S/C16H13Cl2N3/c1-10-5-6-13(8-14(10)18)21-9-15(19)16(20-21)11-3-2-4-12(17)7-11/h2-9H,19H2,1H3. The van der Waals surface area contributed by atoms with E-state index in [4.69, 9.17) is 28.9 Å². The van der Waals surface area contributed by atoms with Gasteiger partial charge in [0.05, 0.1) is 17.6 Å². The van der Waals surface area contributed by atoms with Crippen LogP contribution in [0.5, 0.6) is 0 Å². The number of hydrogen-bond acceptors (Lipinski definition) is 2. The summed E-state index contributed by atoms with van der Waals surface area (Å²) in [5.41, 5.74) is 10.1. The number of halogens is 2. The molecule has 0 radical (unpaired) electrons. The molecule has 1 aromatic heterocycles. The average molecular weight is 318 g/mol. The average Bonchev–Trinajstić information content (AvgIpc) is 2.84. The van der Waals surface area contributed by atoms with Gasteiger partial charge in [0.15, 0.2) is 0 Å². The lowest BCUT2D eigenvalue weighted by molar-refractivity contribution is 0.884. The molecule has 0 bridgehead atoms. The zero-order chi connectivity index (χ0) is 15.0. The van der Waals surface area contributed by atoms with Gasteiger partial charge >= 0.3 is 0 Å². The summed E-state index contributed by atoms with van der Waals surface area (Å²) in [7, 11) is 0. The van der Waals surface area contributed by atoms with Gasteiger partial charge in [-0.25, -0.2) is 4.68 Å². The molecule has 3 rings (SSSR count). The summed E-state index contributed by atoms with van der Waals surface area (Å²) in [5, 5.41) is 5.89. The van der Waals surface area contributed by atoms with Crippen molar-refractivity contribution in [2.75, 3.05) is 5.73 Å². The molecule has 2 N–H and O–H groups in total. The molecule has 3 nitrogen and oxygen atoms in total. The van der Waals surface area contributed by atoms with Gasteiger partial charge in [-0.05, 0) is 36.8 Å². The second-order valence-corrected chi connectivity index (χ2v) is 5.67. The van der Waals surface area contributed by atoms with Crippen molar-refractivity contribution < 1.29 is 0 Å². The van der Waals surface area contributed by atoms with Crippen molar-refractivity contribution in [1.29, 1.82) is 0 Å². The second-order valence-electron chi connectivity index (χ2n) is 4.82. The van der Waals surface area contributed by atoms with Gasteiger partial charge in [-0.1, -0.05) is 41.4 Å². The molecule has 0 saturated carbocycles. The molecule has 0 aliphatic carbocycles. The summed E-state index contributed by atoms with van der Waals surface area (Å²) in [6, 6.07) is 13.2. The van der Waals surface area contributed by atoms with E-state index in [2.05, 4.69) is 5.10 Å². The predicted molar refractivity (Wildman–Crippen MR) is 88.2 cm³/mol. The summed E-state index contributed by atoms with van der Waals surface area (Å²) in [6.45, 7) is 1.96. The van der Waals surface area contributed by atoms with E-state index >= 15 is 0 Å². The van der Waals surface area contributed by atoms with Crippen LogP contribution in [0.15, 0.2) is 48.7 Å². The van der Waals surface area contributed by atoms with Gasteiger partial charge in [0.25, 0.3) is 0 Å². The molecular weight excluding hydrogens is 305 g/mol. The summed E-state index contributed by atoms with van der Waals surface area (Å²) in [4.78, 5) is 0. The first kappa shape index (κ1) is 14.0. The van der Waals surface area contributed by atoms with Gasteiger partial charge in [-0.15, -0.1) is 0 Å². The van der Waals surface area contributed by atoms with Crippen LogP contribution in [-0.4, -0.2) is 9.78 Å². The third-order valence-electron chi connectivity index (χ3n) is 3.26. The van der Waals surface area contributed by atoms with E-state index in [1.54, 1.807) is 10.9 Å². The zero-order valence-electron chi connectivity index (χ0n) is 11.3. The third kappa shape index (κ3) is 2.75. The van der Waals surface area contributed by atoms with Gasteiger partial charge in [-0.3, -0.25) is 0 Å². The molecule has 5 heteroatoms. The minimum Gasteiger partial charge on any atom is -0.396 e. The molecule has 3 aromatic rings. The number of benzene rings is 2. The fraction of sp³-hybridized carbons (Fsp3) is 0.0625. The van der Waals surface area contributed by atoms with Crippen LogP contribution in [0.1, 0.15) is 5.56 Å². The molecule has 106 valence electrons. The Balaban J connectivity index is 2.07. The number of anilines is 1. The van der Waals surface area contributed by atoms with Crippen molar-refractivity contribution in [1.82, 2.24) is 9.78 Å². The normalized spacial score (nSPS) is 10.8. The van der Waals surface area contributed by atoms with Crippen LogP contribution in [0.3, 0.4) is 0 Å². The van der Waals surface area contributed by atoms with Crippen LogP contribution in [0.25, 0.3) is 16.9 Å². The minimum absolute atomic E-state index is 0.592. The van der Waals surface area contributed by atoms with Crippen LogP contribution in [0.2, 0.25) is 10.0 Å². The van der Waals surface area contributed by atoms with Crippen LogP contribution >= 0.6 is 23.2 Å². The quantitative estimate of drug-likeness (QED) is 0.742. The Hall–Kier alpha value is -1.97. The monoisotopic (exact) mass is 317 g/mol. The van der Waals surface area contributed by atoms with E-state index in [1.807, 2.05) is 49.4 Å². The highest BCUT2D eigenvalue weighted by Gasteiger charge is 2.10. The number of aryl methyl sites for hydroxylation is 1. The topological polar surface area (TPSA) is 43.8 Å². The maximum Gasteiger partial charge on any atom is 0.116 e. The van der Waals surface area contributed by atoms with Crippen LogP contribution < -0.4 is 5.73 Å². The van der Waals surface area contributed by atoms with Gasteiger partial charge in [-0.2, -0.15) is 5.10 Å². The highest BCUT2D eigenvalue weighted by Crippen LogP contribution is 2.28. The highest BCUT2D eigenvalue weighted by atomic mass is 35.5. The maximum atomic E-state index is 6.16. The summed E-state index contributed by atoms with van der Waals surface area (Å²) in [6.07, 6.45) is 1.78. The van der Waals surface area contributed by atoms with Crippen molar-refractivity contribution >= 4 is 28.9 Å². The maximum absolute atomic E-state index is 6.16. The molecule has 0 atom stereocenters. The first-order valence-electron chi connectivity index (χ1n) is 6.42. The Bertz CT molecular complexity index is 809. The Morgan fingerprint density at radius 2 is 1.90 bits per heavy atom. The second kappa shape index (κ2) is 5.43. The number of nitrogen functional groups attached to an aromatic ring is 1. The lowest BCUT2D eigenvalue weighted by atomic mass is 10.1. The molecular formula is C16H13Cl2N3. The summed E-state index contributed by atoms with van der Waals surface area (Å²) >= 11 is 12.2. The minimum atomic E-state index is 0.592. The first-order valence-corrected chi connectivity index (χ1v) is 7.18. The van der Waals surface area contributed by atoms with E-state index < -0.39 is 0 Å². The molecule has 0 unspecified atom stereocenters. The highest BCUT2D eigenvalue weighted by molar-refractivity contribution is 6.31. The largest absolute Gasteiger partial charge is 0.396 e. The van der Waals surface area contributed by atoms with E-state index in [9.17, 15) is 0 Å². The van der Waals surface area contributed by atoms with Crippen molar-refractivity contribution in [3.05, 3.63) is 64.3 Å². The molecule has 0 spiro atoms. The van der Waals surface area contributed by atoms with Gasteiger partial charge < -0.3 is 5.73 Å². The first-order chi connectivity index (χ1) is 10.0. The Kier molecular flexibility index (Phi) is 3.62. The number of rotatable bonds is 2. The lowest BCUT2D eigenvalue weighted by Gasteiger charge is -2.04. The Morgan fingerprint density at radius 3 is 2.62 bits per heavy atom. The molecule has 0 aliphatic heterocycles. The molecule has 21 heavy (non-hydrogen) atoms. The van der Waals surface area contributed by atoms with E-state index in [1.165, 1.54) is 0 Å². The Morgan fingerprint density at radius 1 is 1.10 bits per heavy atom. The van der Waals surface area contributed by atoms with Gasteiger partial charge in [0, 0.05) is 15.6 Å². The fourth-order valence-corrected chi connectivity index (χ4v) is 2.47. The molecule has 0 aliphatic rings. The van der Waals surface area contributed by atoms with Crippen LogP contribution in [0.4, 0.5) is 5.69 Å². The summed E-state index contributed by atoms with van der Waals surface area (Å²) < 4.78 is 1.72. The molecule has 0 fully saturated rings. The smallest absolute Gasteiger partial charge is 0.116 e.